The summed E-state index contributed by atoms with van der Waals surface area (Å²) in [7, 11) is 0. The predicted octanol–water partition coefficient (Wildman–Crippen LogP) is 4.46. The van der Waals surface area contributed by atoms with Gasteiger partial charge in [-0.1, -0.05) is 23.7 Å². The largest absolute Gasteiger partial charge is 0.322 e. The maximum absolute atomic E-state index is 12.4. The Kier molecular flexibility index (Phi) is 5.06. The number of hydrogen-bond acceptors (Lipinski definition) is 3. The van der Waals surface area contributed by atoms with Crippen molar-refractivity contribution in [3.05, 3.63) is 76.1 Å². The van der Waals surface area contributed by atoms with Crippen LogP contribution in [0.2, 0.25) is 5.02 Å². The maximum Gasteiger partial charge on any atom is 0.255 e. The zero-order chi connectivity index (χ0) is 18.7. The van der Waals surface area contributed by atoms with Crippen LogP contribution >= 0.6 is 11.6 Å². The molecule has 1 aromatic heterocycles. The van der Waals surface area contributed by atoms with Crippen LogP contribution < -0.4 is 5.32 Å². The molecule has 5 nitrogen and oxygen atoms in total. The smallest absolute Gasteiger partial charge is 0.255 e. The average Bonchev–Trinajstić information content (AvgIpc) is 2.91. The SMILES string of the molecule is Cc1nn(-c2ccc(C(=O)Nc3ccc(CC#N)cc3)cc2)c(C)c1Cl. The number of carbonyl (C=O) groups excluding carboxylic acids is 1. The number of halogens is 1. The number of hydrogen-bond donors (Lipinski definition) is 1. The minimum Gasteiger partial charge on any atom is -0.322 e. The summed E-state index contributed by atoms with van der Waals surface area (Å²) in [6.07, 6.45) is 0.353. The molecule has 0 atom stereocenters. The van der Waals surface area contributed by atoms with Gasteiger partial charge in [-0.3, -0.25) is 4.79 Å². The zero-order valence-electron chi connectivity index (χ0n) is 14.5. The van der Waals surface area contributed by atoms with Crippen molar-refractivity contribution in [3.63, 3.8) is 0 Å². The molecule has 2 aromatic carbocycles. The van der Waals surface area contributed by atoms with Crippen LogP contribution in [0.4, 0.5) is 5.69 Å². The van der Waals surface area contributed by atoms with E-state index in [1.54, 1.807) is 28.9 Å². The number of carbonyl (C=O) groups is 1. The van der Waals surface area contributed by atoms with Gasteiger partial charge in [0.1, 0.15) is 0 Å². The Morgan fingerprint density at radius 3 is 2.35 bits per heavy atom. The van der Waals surface area contributed by atoms with Gasteiger partial charge in [0, 0.05) is 11.3 Å². The first kappa shape index (κ1) is 17.7. The predicted molar refractivity (Wildman–Crippen MR) is 102 cm³/mol. The lowest BCUT2D eigenvalue weighted by Crippen LogP contribution is -2.12. The third-order valence-corrected chi connectivity index (χ3v) is 4.62. The van der Waals surface area contributed by atoms with Crippen LogP contribution in [0.3, 0.4) is 0 Å². The van der Waals surface area contributed by atoms with E-state index in [1.807, 2.05) is 38.1 Å². The minimum atomic E-state index is -0.198. The fraction of sp³-hybridized carbons (Fsp3) is 0.150. The summed E-state index contributed by atoms with van der Waals surface area (Å²) < 4.78 is 1.76. The first-order chi connectivity index (χ1) is 12.5. The highest BCUT2D eigenvalue weighted by atomic mass is 35.5. The molecular formula is C20H17ClN4O. The van der Waals surface area contributed by atoms with E-state index in [4.69, 9.17) is 16.9 Å². The number of nitriles is 1. The zero-order valence-corrected chi connectivity index (χ0v) is 15.2. The molecule has 1 heterocycles. The molecule has 0 bridgehead atoms. The molecule has 0 saturated carbocycles. The van der Waals surface area contributed by atoms with Crippen LogP contribution in [0.25, 0.3) is 5.69 Å². The van der Waals surface area contributed by atoms with Crippen molar-refractivity contribution in [2.45, 2.75) is 20.3 Å². The number of anilines is 1. The molecule has 0 fully saturated rings. The second-order valence-corrected chi connectivity index (χ2v) is 6.31. The molecule has 0 aliphatic rings. The summed E-state index contributed by atoms with van der Waals surface area (Å²) >= 11 is 6.19. The summed E-state index contributed by atoms with van der Waals surface area (Å²) in [5.74, 6) is -0.198. The summed E-state index contributed by atoms with van der Waals surface area (Å²) in [6.45, 7) is 3.76. The summed E-state index contributed by atoms with van der Waals surface area (Å²) in [6, 6.07) is 16.5. The third-order valence-electron chi connectivity index (χ3n) is 4.07. The number of aryl methyl sites for hydroxylation is 1. The Hall–Kier alpha value is -3.10. The van der Waals surface area contributed by atoms with Crippen LogP contribution in [0, 0.1) is 25.2 Å². The van der Waals surface area contributed by atoms with Crippen molar-refractivity contribution >= 4 is 23.2 Å². The van der Waals surface area contributed by atoms with E-state index in [1.165, 1.54) is 0 Å². The number of benzene rings is 2. The normalized spacial score (nSPS) is 10.4. The lowest BCUT2D eigenvalue weighted by molar-refractivity contribution is 0.102. The van der Waals surface area contributed by atoms with Crippen LogP contribution in [-0.4, -0.2) is 15.7 Å². The van der Waals surface area contributed by atoms with Gasteiger partial charge in [-0.15, -0.1) is 0 Å². The molecule has 0 saturated heterocycles. The van der Waals surface area contributed by atoms with Gasteiger partial charge < -0.3 is 5.32 Å². The van der Waals surface area contributed by atoms with E-state index in [0.717, 1.165) is 22.6 Å². The Bertz CT molecular complexity index is 982. The summed E-state index contributed by atoms with van der Waals surface area (Å²) in [5, 5.41) is 16.6. The van der Waals surface area contributed by atoms with Gasteiger partial charge in [0.25, 0.3) is 5.91 Å². The van der Waals surface area contributed by atoms with Crippen molar-refractivity contribution < 1.29 is 4.79 Å². The molecule has 1 amide bonds. The third kappa shape index (κ3) is 3.61. The lowest BCUT2D eigenvalue weighted by atomic mass is 10.1. The Morgan fingerprint density at radius 1 is 1.15 bits per heavy atom. The van der Waals surface area contributed by atoms with Gasteiger partial charge in [-0.25, -0.2) is 4.68 Å². The Morgan fingerprint density at radius 2 is 1.81 bits per heavy atom. The molecule has 0 unspecified atom stereocenters. The number of aromatic nitrogens is 2. The number of nitrogens with zero attached hydrogens (tertiary/aromatic N) is 3. The molecule has 1 N–H and O–H groups in total. The second-order valence-electron chi connectivity index (χ2n) is 5.93. The van der Waals surface area contributed by atoms with Gasteiger partial charge in [0.05, 0.1) is 34.6 Å². The lowest BCUT2D eigenvalue weighted by Gasteiger charge is -2.08. The van der Waals surface area contributed by atoms with E-state index >= 15 is 0 Å². The van der Waals surface area contributed by atoms with Gasteiger partial charge >= 0.3 is 0 Å². The van der Waals surface area contributed by atoms with Crippen molar-refractivity contribution in [1.29, 1.82) is 5.26 Å². The van der Waals surface area contributed by atoms with Crippen LogP contribution in [0.15, 0.2) is 48.5 Å². The van der Waals surface area contributed by atoms with E-state index in [-0.39, 0.29) is 5.91 Å². The molecule has 0 spiro atoms. The fourth-order valence-corrected chi connectivity index (χ4v) is 2.75. The topological polar surface area (TPSA) is 70.7 Å². The highest BCUT2D eigenvalue weighted by Gasteiger charge is 2.12. The van der Waals surface area contributed by atoms with E-state index in [9.17, 15) is 4.79 Å². The van der Waals surface area contributed by atoms with E-state index in [2.05, 4.69) is 16.5 Å². The molecule has 0 aliphatic carbocycles. The number of rotatable bonds is 4. The second kappa shape index (κ2) is 7.42. The standard InChI is InChI=1S/C20H17ClN4O/c1-13-19(21)14(2)25(24-13)18-9-5-16(6-10-18)20(26)23-17-7-3-15(4-8-17)11-12-22/h3-10H,11H2,1-2H3,(H,23,26). The molecule has 130 valence electrons. The van der Waals surface area contributed by atoms with E-state index in [0.29, 0.717) is 22.7 Å². The molecule has 26 heavy (non-hydrogen) atoms. The molecule has 3 aromatic rings. The van der Waals surface area contributed by atoms with Crippen molar-refractivity contribution in [3.8, 4) is 11.8 Å². The van der Waals surface area contributed by atoms with Crippen molar-refractivity contribution in [2.24, 2.45) is 0 Å². The van der Waals surface area contributed by atoms with E-state index < -0.39 is 0 Å². The van der Waals surface area contributed by atoms with Crippen LogP contribution in [0.5, 0.6) is 0 Å². The van der Waals surface area contributed by atoms with Crippen LogP contribution in [-0.2, 0) is 6.42 Å². The monoisotopic (exact) mass is 364 g/mol. The highest BCUT2D eigenvalue weighted by molar-refractivity contribution is 6.31. The molecular weight excluding hydrogens is 348 g/mol. The Labute approximate surface area is 156 Å². The molecule has 0 radical (unpaired) electrons. The summed E-state index contributed by atoms with van der Waals surface area (Å²) in [4.78, 5) is 12.4. The number of amides is 1. The summed E-state index contributed by atoms with van der Waals surface area (Å²) in [5.41, 5.74) is 4.62. The van der Waals surface area contributed by atoms with Gasteiger partial charge in [0.2, 0.25) is 0 Å². The highest BCUT2D eigenvalue weighted by Crippen LogP contribution is 2.22. The van der Waals surface area contributed by atoms with Gasteiger partial charge in [-0.05, 0) is 55.8 Å². The quantitative estimate of drug-likeness (QED) is 0.742. The number of nitrogens with one attached hydrogen (secondary N) is 1. The first-order valence-electron chi connectivity index (χ1n) is 8.09. The van der Waals surface area contributed by atoms with Crippen LogP contribution in [0.1, 0.15) is 27.3 Å². The fourth-order valence-electron chi connectivity index (χ4n) is 2.63. The molecule has 3 rings (SSSR count). The minimum absolute atomic E-state index is 0.198. The maximum atomic E-state index is 12.4. The first-order valence-corrected chi connectivity index (χ1v) is 8.47. The molecule has 6 heteroatoms. The average molecular weight is 365 g/mol. The van der Waals surface area contributed by atoms with Crippen molar-refractivity contribution in [1.82, 2.24) is 9.78 Å². The Balaban J connectivity index is 1.74. The molecule has 0 aliphatic heterocycles. The van der Waals surface area contributed by atoms with Gasteiger partial charge in [-0.2, -0.15) is 10.4 Å². The van der Waals surface area contributed by atoms with Crippen molar-refractivity contribution in [2.75, 3.05) is 5.32 Å². The van der Waals surface area contributed by atoms with Gasteiger partial charge in [0.15, 0.2) is 0 Å².